The van der Waals surface area contributed by atoms with Crippen LogP contribution in [-0.2, 0) is 17.5 Å². The molecular formula is C21H23F3N2O3S. The minimum absolute atomic E-state index is 0.0528. The number of benzene rings is 2. The first kappa shape index (κ1) is 23.6. The van der Waals surface area contributed by atoms with E-state index in [1.807, 2.05) is 6.26 Å². The first-order valence-electron chi connectivity index (χ1n) is 9.13. The number of hydrogen-bond donors (Lipinski definition) is 2. The van der Waals surface area contributed by atoms with Gasteiger partial charge in [-0.3, -0.25) is 9.59 Å². The van der Waals surface area contributed by atoms with Crippen LogP contribution in [-0.4, -0.2) is 37.0 Å². The second-order valence-corrected chi connectivity index (χ2v) is 7.41. The molecule has 2 aromatic carbocycles. The molecule has 0 spiro atoms. The van der Waals surface area contributed by atoms with Gasteiger partial charge in [0.1, 0.15) is 11.8 Å². The number of hydrogen-bond acceptors (Lipinski definition) is 4. The van der Waals surface area contributed by atoms with Crippen LogP contribution < -0.4 is 15.4 Å². The smallest absolute Gasteiger partial charge is 0.416 e. The molecule has 2 aromatic rings. The van der Waals surface area contributed by atoms with Gasteiger partial charge in [0.05, 0.1) is 18.2 Å². The van der Waals surface area contributed by atoms with Crippen molar-refractivity contribution in [1.82, 2.24) is 10.6 Å². The molecule has 1 unspecified atom stereocenters. The SMILES string of the molecule is COc1ccccc1C(=O)NC(CCSC)C(=O)NCc1ccc(C(F)(F)F)cc1. The molecule has 0 saturated heterocycles. The first-order chi connectivity index (χ1) is 14.3. The topological polar surface area (TPSA) is 67.4 Å². The van der Waals surface area contributed by atoms with E-state index in [9.17, 15) is 22.8 Å². The maximum absolute atomic E-state index is 12.7. The van der Waals surface area contributed by atoms with Gasteiger partial charge in [-0.1, -0.05) is 24.3 Å². The molecule has 2 amide bonds. The van der Waals surface area contributed by atoms with Crippen molar-refractivity contribution in [2.24, 2.45) is 0 Å². The third-order valence-corrected chi connectivity index (χ3v) is 4.98. The lowest BCUT2D eigenvalue weighted by Crippen LogP contribution is -2.47. The first-order valence-corrected chi connectivity index (χ1v) is 10.5. The molecular weight excluding hydrogens is 417 g/mol. The zero-order valence-corrected chi connectivity index (χ0v) is 17.4. The number of para-hydroxylation sites is 1. The predicted octanol–water partition coefficient (Wildman–Crippen LogP) is 3.88. The summed E-state index contributed by atoms with van der Waals surface area (Å²) in [6.45, 7) is 0.0528. The summed E-state index contributed by atoms with van der Waals surface area (Å²) in [4.78, 5) is 25.2. The number of rotatable bonds is 9. The van der Waals surface area contributed by atoms with Crippen LogP contribution in [0.3, 0.4) is 0 Å². The average molecular weight is 440 g/mol. The van der Waals surface area contributed by atoms with Gasteiger partial charge in [-0.05, 0) is 48.3 Å². The zero-order chi connectivity index (χ0) is 22.1. The summed E-state index contributed by atoms with van der Waals surface area (Å²) in [7, 11) is 1.45. The molecule has 9 heteroatoms. The monoisotopic (exact) mass is 440 g/mol. The summed E-state index contributed by atoms with van der Waals surface area (Å²) in [5.74, 6) is 0.184. The summed E-state index contributed by atoms with van der Waals surface area (Å²) in [6.07, 6.45) is -2.12. The van der Waals surface area contributed by atoms with Crippen molar-refractivity contribution in [2.75, 3.05) is 19.1 Å². The van der Waals surface area contributed by atoms with E-state index in [2.05, 4.69) is 10.6 Å². The minimum Gasteiger partial charge on any atom is -0.496 e. The molecule has 2 rings (SSSR count). The summed E-state index contributed by atoms with van der Waals surface area (Å²) in [5.41, 5.74) is 0.0835. The van der Waals surface area contributed by atoms with Crippen molar-refractivity contribution >= 4 is 23.6 Å². The number of alkyl halides is 3. The third-order valence-electron chi connectivity index (χ3n) is 4.33. The number of methoxy groups -OCH3 is 1. The van der Waals surface area contributed by atoms with Crippen molar-refractivity contribution in [3.63, 3.8) is 0 Å². The Bertz CT molecular complexity index is 857. The molecule has 2 N–H and O–H groups in total. The Morgan fingerprint density at radius 3 is 2.37 bits per heavy atom. The molecule has 0 aromatic heterocycles. The van der Waals surface area contributed by atoms with E-state index in [1.165, 1.54) is 31.0 Å². The number of carbonyl (C=O) groups is 2. The van der Waals surface area contributed by atoms with E-state index < -0.39 is 29.6 Å². The predicted molar refractivity (Wildman–Crippen MR) is 111 cm³/mol. The fourth-order valence-electron chi connectivity index (χ4n) is 2.70. The average Bonchev–Trinajstić information content (AvgIpc) is 2.74. The summed E-state index contributed by atoms with van der Waals surface area (Å²) in [5, 5.41) is 5.39. The largest absolute Gasteiger partial charge is 0.496 e. The van der Waals surface area contributed by atoms with Crippen LogP contribution in [0, 0.1) is 0 Å². The number of thioether (sulfide) groups is 1. The van der Waals surface area contributed by atoms with Crippen LogP contribution in [0.25, 0.3) is 0 Å². The summed E-state index contributed by atoms with van der Waals surface area (Å²) < 4.78 is 43.1. The van der Waals surface area contributed by atoms with Crippen LogP contribution in [0.2, 0.25) is 0 Å². The number of ether oxygens (including phenoxy) is 1. The zero-order valence-electron chi connectivity index (χ0n) is 16.6. The second kappa shape index (κ2) is 10.9. The van der Waals surface area contributed by atoms with Gasteiger partial charge in [-0.2, -0.15) is 24.9 Å². The van der Waals surface area contributed by atoms with E-state index in [-0.39, 0.29) is 6.54 Å². The maximum atomic E-state index is 12.7. The number of halogens is 3. The van der Waals surface area contributed by atoms with Gasteiger partial charge in [0.25, 0.3) is 5.91 Å². The number of amides is 2. The molecule has 5 nitrogen and oxygen atoms in total. The fourth-order valence-corrected chi connectivity index (χ4v) is 3.17. The van der Waals surface area contributed by atoms with Gasteiger partial charge in [0.15, 0.2) is 0 Å². The van der Waals surface area contributed by atoms with Gasteiger partial charge in [0, 0.05) is 6.54 Å². The third kappa shape index (κ3) is 6.69. The lowest BCUT2D eigenvalue weighted by Gasteiger charge is -2.19. The van der Waals surface area contributed by atoms with E-state index in [0.29, 0.717) is 29.1 Å². The summed E-state index contributed by atoms with van der Waals surface area (Å²) in [6, 6.07) is 10.4. The van der Waals surface area contributed by atoms with Crippen LogP contribution >= 0.6 is 11.8 Å². The lowest BCUT2D eigenvalue weighted by molar-refractivity contribution is -0.137. The standard InChI is InChI=1S/C21H23F3N2O3S/c1-29-18-6-4-3-5-16(18)19(27)26-17(11-12-30-2)20(28)25-13-14-7-9-15(10-8-14)21(22,23)24/h3-10,17H,11-13H2,1-2H3,(H,25,28)(H,26,27). The minimum atomic E-state index is -4.41. The molecule has 30 heavy (non-hydrogen) atoms. The van der Waals surface area contributed by atoms with Crippen LogP contribution in [0.5, 0.6) is 5.75 Å². The number of nitrogens with one attached hydrogen (secondary N) is 2. The van der Waals surface area contributed by atoms with E-state index >= 15 is 0 Å². The van der Waals surface area contributed by atoms with E-state index in [4.69, 9.17) is 4.74 Å². The highest BCUT2D eigenvalue weighted by molar-refractivity contribution is 7.98. The normalized spacial score (nSPS) is 12.2. The molecule has 1 atom stereocenters. The van der Waals surface area contributed by atoms with Gasteiger partial charge in [-0.15, -0.1) is 0 Å². The Hall–Kier alpha value is -2.68. The highest BCUT2D eigenvalue weighted by Gasteiger charge is 2.30. The Balaban J connectivity index is 2.03. The fraction of sp³-hybridized carbons (Fsp3) is 0.333. The van der Waals surface area contributed by atoms with Crippen LogP contribution in [0.1, 0.15) is 27.9 Å². The molecule has 0 fully saturated rings. The van der Waals surface area contributed by atoms with Crippen molar-refractivity contribution in [1.29, 1.82) is 0 Å². The molecule has 0 saturated carbocycles. The Morgan fingerprint density at radius 1 is 1.10 bits per heavy atom. The molecule has 0 heterocycles. The van der Waals surface area contributed by atoms with Crippen molar-refractivity contribution in [2.45, 2.75) is 25.2 Å². The van der Waals surface area contributed by atoms with Crippen molar-refractivity contribution in [3.8, 4) is 5.75 Å². The second-order valence-electron chi connectivity index (χ2n) is 6.42. The maximum Gasteiger partial charge on any atom is 0.416 e. The van der Waals surface area contributed by atoms with Crippen molar-refractivity contribution < 1.29 is 27.5 Å². The summed E-state index contributed by atoms with van der Waals surface area (Å²) >= 11 is 1.53. The highest BCUT2D eigenvalue weighted by Crippen LogP contribution is 2.29. The van der Waals surface area contributed by atoms with Gasteiger partial charge in [0.2, 0.25) is 5.91 Å². The molecule has 0 bridgehead atoms. The van der Waals surface area contributed by atoms with Crippen LogP contribution in [0.4, 0.5) is 13.2 Å². The molecule has 0 aliphatic carbocycles. The molecule has 0 aliphatic heterocycles. The molecule has 162 valence electrons. The number of carbonyl (C=O) groups excluding carboxylic acids is 2. The Labute approximate surface area is 177 Å². The molecule has 0 radical (unpaired) electrons. The quantitative estimate of drug-likeness (QED) is 0.621. The lowest BCUT2D eigenvalue weighted by atomic mass is 10.1. The highest BCUT2D eigenvalue weighted by atomic mass is 32.2. The van der Waals surface area contributed by atoms with Gasteiger partial charge >= 0.3 is 6.18 Å². The Morgan fingerprint density at radius 2 is 1.77 bits per heavy atom. The van der Waals surface area contributed by atoms with Gasteiger partial charge in [-0.25, -0.2) is 0 Å². The Kier molecular flexibility index (Phi) is 8.58. The molecule has 0 aliphatic rings. The van der Waals surface area contributed by atoms with Crippen molar-refractivity contribution in [3.05, 3.63) is 65.2 Å². The van der Waals surface area contributed by atoms with Gasteiger partial charge < -0.3 is 15.4 Å². The van der Waals surface area contributed by atoms with E-state index in [0.717, 1.165) is 12.1 Å². The van der Waals surface area contributed by atoms with E-state index in [1.54, 1.807) is 24.3 Å². The van der Waals surface area contributed by atoms with Crippen LogP contribution in [0.15, 0.2) is 48.5 Å².